The van der Waals surface area contributed by atoms with E-state index in [-0.39, 0.29) is 30.1 Å². The Kier molecular flexibility index (Phi) is 8.14. The van der Waals surface area contributed by atoms with Gasteiger partial charge in [-0.2, -0.15) is 0 Å². The molecule has 1 amide bonds. The molecule has 2 N–H and O–H groups in total. The minimum atomic E-state index is -0.236. The molecule has 1 fully saturated rings. The maximum atomic E-state index is 11.8. The Balaban J connectivity index is 0.00000261. The first kappa shape index (κ1) is 21.3. The lowest BCUT2D eigenvalue weighted by atomic mass is 10.3. The van der Waals surface area contributed by atoms with E-state index in [4.69, 9.17) is 4.74 Å². The normalized spacial score (nSPS) is 14.8. The second-order valence-corrected chi connectivity index (χ2v) is 6.10. The number of fused-ring (bicyclic) bond motifs is 1. The number of hydrogen-bond acceptors (Lipinski definition) is 4. The summed E-state index contributed by atoms with van der Waals surface area (Å²) in [6.07, 6.45) is 0.552. The van der Waals surface area contributed by atoms with Crippen molar-refractivity contribution in [1.82, 2.24) is 25.1 Å². The summed E-state index contributed by atoms with van der Waals surface area (Å²) in [5, 5.41) is 3.38. The lowest BCUT2D eigenvalue weighted by molar-refractivity contribution is 0.0914. The lowest BCUT2D eigenvalue weighted by Crippen LogP contribution is -2.54. The van der Waals surface area contributed by atoms with E-state index in [0.29, 0.717) is 19.7 Å². The van der Waals surface area contributed by atoms with Gasteiger partial charge in [-0.25, -0.2) is 9.78 Å². The van der Waals surface area contributed by atoms with E-state index in [0.717, 1.165) is 48.9 Å². The Morgan fingerprint density at radius 1 is 1.26 bits per heavy atom. The van der Waals surface area contributed by atoms with Crippen molar-refractivity contribution in [2.24, 2.45) is 4.99 Å². The Morgan fingerprint density at radius 3 is 2.63 bits per heavy atom. The zero-order chi connectivity index (χ0) is 18.4. The quantitative estimate of drug-likeness (QED) is 0.393. The van der Waals surface area contributed by atoms with Crippen LogP contribution in [0.25, 0.3) is 11.0 Å². The average Bonchev–Trinajstić information content (AvgIpc) is 3.08. The molecule has 8 nitrogen and oxygen atoms in total. The molecule has 0 spiro atoms. The fourth-order valence-corrected chi connectivity index (χ4v) is 3.06. The molecule has 0 saturated carbocycles. The number of piperazine rings is 1. The molecule has 27 heavy (non-hydrogen) atoms. The third kappa shape index (κ3) is 5.47. The number of hydrogen-bond donors (Lipinski definition) is 2. The van der Waals surface area contributed by atoms with Crippen molar-refractivity contribution in [3.63, 3.8) is 0 Å². The van der Waals surface area contributed by atoms with Crippen LogP contribution in [0.15, 0.2) is 29.3 Å². The number of imidazole rings is 1. The number of halogens is 1. The highest BCUT2D eigenvalue weighted by Gasteiger charge is 2.23. The molecule has 1 aromatic heterocycles. The molecule has 0 radical (unpaired) electrons. The molecule has 9 heteroatoms. The first-order chi connectivity index (χ1) is 12.7. The summed E-state index contributed by atoms with van der Waals surface area (Å²) in [7, 11) is 1.78. The van der Waals surface area contributed by atoms with Gasteiger partial charge in [-0.05, 0) is 19.1 Å². The van der Waals surface area contributed by atoms with Crippen molar-refractivity contribution < 1.29 is 9.53 Å². The second kappa shape index (κ2) is 10.3. The number of carbonyl (C=O) groups excluding carboxylic acids is 1. The monoisotopic (exact) mass is 486 g/mol. The summed E-state index contributed by atoms with van der Waals surface area (Å²) in [6, 6.07) is 8.02. The van der Waals surface area contributed by atoms with Gasteiger partial charge in [0.05, 0.1) is 17.6 Å². The first-order valence-corrected chi connectivity index (χ1v) is 9.02. The molecule has 1 aliphatic heterocycles. The summed E-state index contributed by atoms with van der Waals surface area (Å²) in [5.74, 6) is 1.81. The lowest BCUT2D eigenvalue weighted by Gasteiger charge is -2.35. The smallest absolute Gasteiger partial charge is 0.409 e. The van der Waals surface area contributed by atoms with Gasteiger partial charge in [-0.15, -0.1) is 24.0 Å². The van der Waals surface area contributed by atoms with Gasteiger partial charge < -0.3 is 24.8 Å². The molecule has 2 heterocycles. The van der Waals surface area contributed by atoms with Crippen LogP contribution in [-0.2, 0) is 11.2 Å². The van der Waals surface area contributed by atoms with Crippen LogP contribution >= 0.6 is 24.0 Å². The number of ether oxygens (including phenoxy) is 1. The van der Waals surface area contributed by atoms with Crippen LogP contribution in [0.4, 0.5) is 4.79 Å². The van der Waals surface area contributed by atoms with E-state index in [2.05, 4.69) is 25.2 Å². The minimum absolute atomic E-state index is 0. The van der Waals surface area contributed by atoms with Gasteiger partial charge >= 0.3 is 6.09 Å². The number of nitrogens with one attached hydrogen (secondary N) is 2. The average molecular weight is 486 g/mol. The van der Waals surface area contributed by atoms with Crippen molar-refractivity contribution in [3.05, 3.63) is 30.1 Å². The van der Waals surface area contributed by atoms with Crippen LogP contribution in [0.1, 0.15) is 12.7 Å². The summed E-state index contributed by atoms with van der Waals surface area (Å²) in [5.41, 5.74) is 2.05. The molecule has 2 aromatic rings. The third-order valence-corrected chi connectivity index (χ3v) is 4.40. The van der Waals surface area contributed by atoms with Crippen molar-refractivity contribution in [3.8, 4) is 0 Å². The Hall–Kier alpha value is -2.04. The number of rotatable bonds is 4. The number of nitrogens with zero attached hydrogens (tertiary/aromatic N) is 4. The fraction of sp³-hybridized carbons (Fsp3) is 0.500. The molecule has 0 bridgehead atoms. The highest BCUT2D eigenvalue weighted by Crippen LogP contribution is 2.10. The zero-order valence-corrected chi connectivity index (χ0v) is 18.1. The number of benzene rings is 1. The molecule has 0 atom stereocenters. The number of para-hydroxylation sites is 2. The van der Waals surface area contributed by atoms with Crippen molar-refractivity contribution in [2.45, 2.75) is 13.3 Å². The summed E-state index contributed by atoms with van der Waals surface area (Å²) in [6.45, 7) is 5.73. The SMILES string of the molecule is CCOC(=O)N1CCN(C(=NC)NCCc2nc3ccccc3[nH]2)CC1.I. The third-order valence-electron chi connectivity index (χ3n) is 4.40. The van der Waals surface area contributed by atoms with Crippen molar-refractivity contribution >= 4 is 47.1 Å². The van der Waals surface area contributed by atoms with E-state index < -0.39 is 0 Å². The molecule has 148 valence electrons. The molecule has 3 rings (SSSR count). The van der Waals surface area contributed by atoms with Crippen LogP contribution in [0, 0.1) is 0 Å². The number of aromatic amines is 1. The Bertz CT molecular complexity index is 737. The zero-order valence-electron chi connectivity index (χ0n) is 15.8. The standard InChI is InChI=1S/C18H26N6O2.HI/c1-3-26-18(25)24-12-10-23(11-13-24)17(19-2)20-9-8-16-21-14-6-4-5-7-15(14)22-16;/h4-7H,3,8-13H2,1-2H3,(H,19,20)(H,21,22);1H. The maximum Gasteiger partial charge on any atom is 0.409 e. The van der Waals surface area contributed by atoms with Crippen molar-refractivity contribution in [2.75, 3.05) is 46.4 Å². The van der Waals surface area contributed by atoms with Gasteiger partial charge in [0.2, 0.25) is 0 Å². The van der Waals surface area contributed by atoms with E-state index >= 15 is 0 Å². The number of guanidine groups is 1. The molecular weight excluding hydrogens is 459 g/mol. The van der Waals surface area contributed by atoms with Crippen LogP contribution in [0.2, 0.25) is 0 Å². The maximum absolute atomic E-state index is 11.8. The van der Waals surface area contributed by atoms with Gasteiger partial charge in [0.15, 0.2) is 5.96 Å². The first-order valence-electron chi connectivity index (χ1n) is 9.02. The predicted octanol–water partition coefficient (Wildman–Crippen LogP) is 2.07. The summed E-state index contributed by atoms with van der Waals surface area (Å²) < 4.78 is 5.05. The van der Waals surface area contributed by atoms with Gasteiger partial charge in [0.25, 0.3) is 0 Å². The molecule has 0 aliphatic carbocycles. The number of amides is 1. The molecular formula is C18H27IN6O2. The number of H-pyrrole nitrogens is 1. The van der Waals surface area contributed by atoms with Gasteiger partial charge in [-0.3, -0.25) is 4.99 Å². The van der Waals surface area contributed by atoms with Crippen LogP contribution in [-0.4, -0.2) is 78.2 Å². The highest BCUT2D eigenvalue weighted by molar-refractivity contribution is 14.0. The second-order valence-electron chi connectivity index (χ2n) is 6.10. The minimum Gasteiger partial charge on any atom is -0.450 e. The largest absolute Gasteiger partial charge is 0.450 e. The van der Waals surface area contributed by atoms with E-state index in [1.807, 2.05) is 31.2 Å². The molecule has 0 unspecified atom stereocenters. The topological polar surface area (TPSA) is 85.8 Å². The van der Waals surface area contributed by atoms with Gasteiger partial charge in [0, 0.05) is 46.2 Å². The number of aliphatic imine (C=N–C) groups is 1. The van der Waals surface area contributed by atoms with Crippen LogP contribution in [0.3, 0.4) is 0 Å². The Labute approximate surface area is 176 Å². The van der Waals surface area contributed by atoms with E-state index in [1.54, 1.807) is 11.9 Å². The Morgan fingerprint density at radius 2 is 1.96 bits per heavy atom. The summed E-state index contributed by atoms with van der Waals surface area (Å²) >= 11 is 0. The van der Waals surface area contributed by atoms with Gasteiger partial charge in [-0.1, -0.05) is 12.1 Å². The molecule has 1 saturated heterocycles. The molecule has 1 aromatic carbocycles. The van der Waals surface area contributed by atoms with Gasteiger partial charge in [0.1, 0.15) is 5.82 Å². The number of carbonyl (C=O) groups is 1. The highest BCUT2D eigenvalue weighted by atomic mass is 127. The van der Waals surface area contributed by atoms with E-state index in [1.165, 1.54) is 0 Å². The summed E-state index contributed by atoms with van der Waals surface area (Å²) in [4.78, 5) is 28.0. The number of aromatic nitrogens is 2. The molecule has 1 aliphatic rings. The van der Waals surface area contributed by atoms with Crippen molar-refractivity contribution in [1.29, 1.82) is 0 Å². The van der Waals surface area contributed by atoms with Crippen LogP contribution < -0.4 is 5.32 Å². The predicted molar refractivity (Wildman–Crippen MR) is 117 cm³/mol. The van der Waals surface area contributed by atoms with Crippen LogP contribution in [0.5, 0.6) is 0 Å². The fourth-order valence-electron chi connectivity index (χ4n) is 3.06. The van der Waals surface area contributed by atoms with E-state index in [9.17, 15) is 4.79 Å².